The quantitative estimate of drug-likeness (QED) is 0.404. The molecule has 0 bridgehead atoms. The van der Waals surface area contributed by atoms with Gasteiger partial charge >= 0.3 is 0 Å². The van der Waals surface area contributed by atoms with Crippen LogP contribution in [0.5, 0.6) is 0 Å². The molecular formula is C28H30. The molecule has 0 heteroatoms. The molecule has 0 amide bonds. The summed E-state index contributed by atoms with van der Waals surface area (Å²) in [5, 5.41) is 0. The van der Waals surface area contributed by atoms with Crippen molar-refractivity contribution in [3.63, 3.8) is 0 Å². The third-order valence-corrected chi connectivity index (χ3v) is 6.33. The minimum atomic E-state index is 0.711. The van der Waals surface area contributed by atoms with Crippen LogP contribution in [0.1, 0.15) is 59.8 Å². The summed E-state index contributed by atoms with van der Waals surface area (Å²) >= 11 is 0. The molecule has 0 aliphatic heterocycles. The van der Waals surface area contributed by atoms with E-state index in [-0.39, 0.29) is 0 Å². The predicted molar refractivity (Wildman–Crippen MR) is 121 cm³/mol. The summed E-state index contributed by atoms with van der Waals surface area (Å²) in [5.74, 6) is 1.43. The first-order chi connectivity index (χ1) is 13.7. The molecule has 0 heterocycles. The van der Waals surface area contributed by atoms with E-state index < -0.39 is 0 Å². The summed E-state index contributed by atoms with van der Waals surface area (Å²) in [4.78, 5) is 0. The van der Waals surface area contributed by atoms with E-state index >= 15 is 0 Å². The highest BCUT2D eigenvalue weighted by Crippen LogP contribution is 2.40. The van der Waals surface area contributed by atoms with Crippen molar-refractivity contribution < 1.29 is 0 Å². The number of hydrogen-bond acceptors (Lipinski definition) is 0. The van der Waals surface area contributed by atoms with Crippen LogP contribution in [0.4, 0.5) is 0 Å². The molecule has 3 aromatic rings. The lowest BCUT2D eigenvalue weighted by atomic mass is 9.76. The second-order valence-corrected chi connectivity index (χ2v) is 8.27. The molecule has 0 atom stereocenters. The molecule has 1 fully saturated rings. The molecule has 0 N–H and O–H groups in total. The molecule has 1 aliphatic rings. The van der Waals surface area contributed by atoms with Gasteiger partial charge in [0.25, 0.3) is 0 Å². The molecule has 1 aliphatic carbocycles. The SMILES string of the molecule is C=CCc1ccc(C2CCC(c3ccc(-c4ccc(C)cc4)cc3)CC2)cc1. The summed E-state index contributed by atoms with van der Waals surface area (Å²) in [6.07, 6.45) is 8.12. The molecule has 28 heavy (non-hydrogen) atoms. The van der Waals surface area contributed by atoms with Crippen LogP contribution >= 0.6 is 0 Å². The molecule has 3 aromatic carbocycles. The molecular weight excluding hydrogens is 336 g/mol. The highest BCUT2D eigenvalue weighted by atomic mass is 14.3. The number of rotatable bonds is 5. The standard InChI is InChI=1S/C28H30/c1-3-4-22-7-11-24(12-8-22)26-15-19-28(20-16-26)27-17-13-25(14-18-27)23-9-5-21(2)6-10-23/h3,5-14,17-18,26,28H,1,4,15-16,19-20H2,2H3. The molecule has 0 nitrogen and oxygen atoms in total. The number of hydrogen-bond donors (Lipinski definition) is 0. The molecule has 0 unspecified atom stereocenters. The Morgan fingerprint density at radius 1 is 0.679 bits per heavy atom. The average Bonchev–Trinajstić information content (AvgIpc) is 2.75. The van der Waals surface area contributed by atoms with E-state index in [1.54, 1.807) is 0 Å². The Hall–Kier alpha value is -2.60. The summed E-state index contributed by atoms with van der Waals surface area (Å²) in [5.41, 5.74) is 8.32. The normalized spacial score (nSPS) is 19.3. The van der Waals surface area contributed by atoms with E-state index in [1.165, 1.54) is 59.1 Å². The van der Waals surface area contributed by atoms with Crippen LogP contribution in [0.15, 0.2) is 85.5 Å². The fourth-order valence-electron chi connectivity index (χ4n) is 4.55. The lowest BCUT2D eigenvalue weighted by molar-refractivity contribution is 0.396. The highest BCUT2D eigenvalue weighted by Gasteiger charge is 2.23. The van der Waals surface area contributed by atoms with E-state index in [0.29, 0.717) is 5.92 Å². The minimum absolute atomic E-state index is 0.711. The molecule has 0 spiro atoms. The maximum absolute atomic E-state index is 3.83. The Bertz CT molecular complexity index is 890. The first-order valence-electron chi connectivity index (χ1n) is 10.6. The van der Waals surface area contributed by atoms with Gasteiger partial charge < -0.3 is 0 Å². The summed E-state index contributed by atoms with van der Waals surface area (Å²) in [7, 11) is 0. The summed E-state index contributed by atoms with van der Waals surface area (Å²) in [6.45, 7) is 5.97. The number of aryl methyl sites for hydroxylation is 1. The Morgan fingerprint density at radius 3 is 1.57 bits per heavy atom. The van der Waals surface area contributed by atoms with Crippen LogP contribution in [0.25, 0.3) is 11.1 Å². The average molecular weight is 367 g/mol. The minimum Gasteiger partial charge on any atom is -0.103 e. The van der Waals surface area contributed by atoms with Gasteiger partial charge in [-0.2, -0.15) is 0 Å². The van der Waals surface area contributed by atoms with Crippen LogP contribution in [-0.2, 0) is 6.42 Å². The van der Waals surface area contributed by atoms with Gasteiger partial charge in [-0.05, 0) is 78.7 Å². The molecule has 0 saturated heterocycles. The van der Waals surface area contributed by atoms with Crippen molar-refractivity contribution in [1.29, 1.82) is 0 Å². The Kier molecular flexibility index (Phi) is 5.76. The van der Waals surface area contributed by atoms with Crippen molar-refractivity contribution in [3.05, 3.63) is 108 Å². The summed E-state index contributed by atoms with van der Waals surface area (Å²) < 4.78 is 0. The first kappa shape index (κ1) is 18.7. The Labute approximate surface area is 169 Å². The van der Waals surface area contributed by atoms with E-state index in [9.17, 15) is 0 Å². The van der Waals surface area contributed by atoms with Gasteiger partial charge in [-0.15, -0.1) is 6.58 Å². The lowest BCUT2D eigenvalue weighted by Crippen LogP contribution is -2.12. The van der Waals surface area contributed by atoms with Gasteiger partial charge in [-0.25, -0.2) is 0 Å². The second kappa shape index (κ2) is 8.61. The van der Waals surface area contributed by atoms with E-state index in [2.05, 4.69) is 86.3 Å². The Balaban J connectivity index is 1.38. The molecule has 142 valence electrons. The molecule has 0 radical (unpaired) electrons. The van der Waals surface area contributed by atoms with Crippen molar-refractivity contribution in [2.24, 2.45) is 0 Å². The van der Waals surface area contributed by atoms with Gasteiger partial charge in [0.1, 0.15) is 0 Å². The van der Waals surface area contributed by atoms with Gasteiger partial charge in [-0.1, -0.05) is 84.4 Å². The summed E-state index contributed by atoms with van der Waals surface area (Å²) in [6, 6.07) is 27.3. The molecule has 0 aromatic heterocycles. The van der Waals surface area contributed by atoms with Crippen LogP contribution < -0.4 is 0 Å². The van der Waals surface area contributed by atoms with E-state index in [1.807, 2.05) is 6.08 Å². The van der Waals surface area contributed by atoms with Crippen LogP contribution in [-0.4, -0.2) is 0 Å². The van der Waals surface area contributed by atoms with E-state index in [4.69, 9.17) is 0 Å². The first-order valence-corrected chi connectivity index (χ1v) is 10.6. The van der Waals surface area contributed by atoms with Gasteiger partial charge in [0.2, 0.25) is 0 Å². The van der Waals surface area contributed by atoms with E-state index in [0.717, 1.165) is 12.3 Å². The van der Waals surface area contributed by atoms with Crippen LogP contribution in [0.3, 0.4) is 0 Å². The third-order valence-electron chi connectivity index (χ3n) is 6.33. The fourth-order valence-corrected chi connectivity index (χ4v) is 4.55. The largest absolute Gasteiger partial charge is 0.103 e. The second-order valence-electron chi connectivity index (χ2n) is 8.27. The number of allylic oxidation sites excluding steroid dienone is 1. The Morgan fingerprint density at radius 2 is 1.11 bits per heavy atom. The predicted octanol–water partition coefficient (Wildman–Crippen LogP) is 7.83. The van der Waals surface area contributed by atoms with Crippen molar-refractivity contribution in [3.8, 4) is 11.1 Å². The number of benzene rings is 3. The maximum atomic E-state index is 3.83. The van der Waals surface area contributed by atoms with Crippen molar-refractivity contribution in [2.45, 2.75) is 50.9 Å². The maximum Gasteiger partial charge on any atom is -0.0100 e. The lowest BCUT2D eigenvalue weighted by Gasteiger charge is -2.29. The zero-order chi connectivity index (χ0) is 19.3. The monoisotopic (exact) mass is 366 g/mol. The third kappa shape index (κ3) is 4.28. The van der Waals surface area contributed by atoms with Crippen LogP contribution in [0.2, 0.25) is 0 Å². The van der Waals surface area contributed by atoms with Gasteiger partial charge in [0, 0.05) is 0 Å². The molecule has 1 saturated carbocycles. The van der Waals surface area contributed by atoms with Gasteiger partial charge in [0.15, 0.2) is 0 Å². The van der Waals surface area contributed by atoms with Gasteiger partial charge in [-0.3, -0.25) is 0 Å². The zero-order valence-electron chi connectivity index (χ0n) is 16.9. The zero-order valence-corrected chi connectivity index (χ0v) is 16.9. The van der Waals surface area contributed by atoms with Crippen LogP contribution in [0, 0.1) is 6.92 Å². The topological polar surface area (TPSA) is 0 Å². The van der Waals surface area contributed by atoms with Crippen molar-refractivity contribution >= 4 is 0 Å². The highest BCUT2D eigenvalue weighted by molar-refractivity contribution is 5.64. The fraction of sp³-hybridized carbons (Fsp3) is 0.286. The van der Waals surface area contributed by atoms with Gasteiger partial charge in [0.05, 0.1) is 0 Å². The molecule has 4 rings (SSSR count). The smallest absolute Gasteiger partial charge is 0.0100 e. The van der Waals surface area contributed by atoms with Crippen molar-refractivity contribution in [1.82, 2.24) is 0 Å². The van der Waals surface area contributed by atoms with Crippen molar-refractivity contribution in [2.75, 3.05) is 0 Å².